The van der Waals surface area contributed by atoms with Gasteiger partial charge in [-0.05, 0) is 42.3 Å². The number of hydrogen-bond acceptors (Lipinski definition) is 7. The summed E-state index contributed by atoms with van der Waals surface area (Å²) in [4.78, 5) is 14.4. The predicted octanol–water partition coefficient (Wildman–Crippen LogP) is 1.79. The zero-order valence-corrected chi connectivity index (χ0v) is 15.4. The molecule has 2 aliphatic rings. The first-order valence-corrected chi connectivity index (χ1v) is 9.80. The SMILES string of the molecule is CCN(CC1COc2ccccc2O1)C(=O)CSc1nnnn1C1CC1. The van der Waals surface area contributed by atoms with Gasteiger partial charge in [-0.25, -0.2) is 4.68 Å². The molecular formula is C17H21N5O3S. The molecule has 8 nitrogen and oxygen atoms in total. The number of tetrazole rings is 1. The second kappa shape index (κ2) is 7.53. The first kappa shape index (κ1) is 17.1. The van der Waals surface area contributed by atoms with Crippen LogP contribution in [0.5, 0.6) is 11.5 Å². The summed E-state index contributed by atoms with van der Waals surface area (Å²) in [5.74, 6) is 1.83. The minimum atomic E-state index is -0.171. The number of aromatic nitrogens is 4. The highest BCUT2D eigenvalue weighted by Gasteiger charge is 2.29. The van der Waals surface area contributed by atoms with Crippen LogP contribution < -0.4 is 9.47 Å². The average molecular weight is 375 g/mol. The quantitative estimate of drug-likeness (QED) is 0.682. The number of rotatable bonds is 7. The van der Waals surface area contributed by atoms with E-state index < -0.39 is 0 Å². The number of thioether (sulfide) groups is 1. The van der Waals surface area contributed by atoms with E-state index in [2.05, 4.69) is 15.5 Å². The number of hydrogen-bond donors (Lipinski definition) is 0. The Bertz CT molecular complexity index is 779. The maximum atomic E-state index is 12.6. The molecule has 1 atom stereocenters. The van der Waals surface area contributed by atoms with Crippen molar-refractivity contribution in [3.8, 4) is 11.5 Å². The van der Waals surface area contributed by atoms with Gasteiger partial charge >= 0.3 is 0 Å². The lowest BCUT2D eigenvalue weighted by Crippen LogP contribution is -2.44. The van der Waals surface area contributed by atoms with Crippen LogP contribution in [0, 0.1) is 0 Å². The van der Waals surface area contributed by atoms with Gasteiger partial charge in [0.1, 0.15) is 6.61 Å². The first-order chi connectivity index (χ1) is 12.7. The van der Waals surface area contributed by atoms with E-state index in [1.807, 2.05) is 35.9 Å². The Morgan fingerprint density at radius 1 is 1.35 bits per heavy atom. The minimum absolute atomic E-state index is 0.0466. The van der Waals surface area contributed by atoms with Crippen LogP contribution >= 0.6 is 11.8 Å². The number of likely N-dealkylation sites (N-methyl/N-ethyl adjacent to an activating group) is 1. The lowest BCUT2D eigenvalue weighted by molar-refractivity contribution is -0.129. The van der Waals surface area contributed by atoms with Gasteiger partial charge in [-0.15, -0.1) is 5.10 Å². The van der Waals surface area contributed by atoms with Crippen LogP contribution in [0.2, 0.25) is 0 Å². The van der Waals surface area contributed by atoms with Crippen molar-refractivity contribution in [3.05, 3.63) is 24.3 Å². The molecule has 4 rings (SSSR count). The van der Waals surface area contributed by atoms with Crippen molar-refractivity contribution in [3.63, 3.8) is 0 Å². The normalized spacial score (nSPS) is 18.6. The number of carbonyl (C=O) groups excluding carboxylic acids is 1. The van der Waals surface area contributed by atoms with Gasteiger partial charge in [0.15, 0.2) is 17.6 Å². The number of carbonyl (C=O) groups is 1. The van der Waals surface area contributed by atoms with Gasteiger partial charge < -0.3 is 14.4 Å². The lowest BCUT2D eigenvalue weighted by Gasteiger charge is -2.30. The van der Waals surface area contributed by atoms with Crippen molar-refractivity contribution in [1.82, 2.24) is 25.1 Å². The molecule has 1 amide bonds. The maximum absolute atomic E-state index is 12.6. The van der Waals surface area contributed by atoms with E-state index in [1.165, 1.54) is 11.8 Å². The second-order valence-corrected chi connectivity index (χ2v) is 7.30. The fourth-order valence-electron chi connectivity index (χ4n) is 2.85. The minimum Gasteiger partial charge on any atom is -0.486 e. The number of para-hydroxylation sites is 2. The third-order valence-electron chi connectivity index (χ3n) is 4.41. The lowest BCUT2D eigenvalue weighted by atomic mass is 10.2. The molecular weight excluding hydrogens is 354 g/mol. The topological polar surface area (TPSA) is 82.4 Å². The van der Waals surface area contributed by atoms with Crippen LogP contribution in [0.3, 0.4) is 0 Å². The summed E-state index contributed by atoms with van der Waals surface area (Å²) < 4.78 is 13.5. The van der Waals surface area contributed by atoms with Gasteiger partial charge in [0.25, 0.3) is 0 Å². The number of benzene rings is 1. The van der Waals surface area contributed by atoms with Crippen molar-refractivity contribution in [1.29, 1.82) is 0 Å². The summed E-state index contributed by atoms with van der Waals surface area (Å²) in [6.45, 7) is 3.52. The number of nitrogens with zero attached hydrogens (tertiary/aromatic N) is 5. The molecule has 0 N–H and O–H groups in total. The second-order valence-electron chi connectivity index (χ2n) is 6.36. The van der Waals surface area contributed by atoms with Gasteiger partial charge in [0, 0.05) is 6.54 Å². The molecule has 2 aromatic rings. The molecule has 0 bridgehead atoms. The van der Waals surface area contributed by atoms with E-state index >= 15 is 0 Å². The standard InChI is InChI=1S/C17H21N5O3S/c1-2-21(9-13-10-24-14-5-3-4-6-15(14)25-13)16(23)11-26-17-18-19-20-22(17)12-7-8-12/h3-6,12-13H,2,7-11H2,1H3. The van der Waals surface area contributed by atoms with E-state index in [1.54, 1.807) is 4.90 Å². The Balaban J connectivity index is 1.32. The fraction of sp³-hybridized carbons (Fsp3) is 0.529. The summed E-state index contributed by atoms with van der Waals surface area (Å²) in [5.41, 5.74) is 0. The zero-order valence-electron chi connectivity index (χ0n) is 14.6. The molecule has 1 saturated carbocycles. The van der Waals surface area contributed by atoms with Crippen LogP contribution in [0.4, 0.5) is 0 Å². The predicted molar refractivity (Wildman–Crippen MR) is 95.4 cm³/mol. The zero-order chi connectivity index (χ0) is 17.9. The van der Waals surface area contributed by atoms with E-state index in [4.69, 9.17) is 9.47 Å². The van der Waals surface area contributed by atoms with E-state index in [-0.39, 0.29) is 12.0 Å². The Hall–Kier alpha value is -2.29. The third kappa shape index (κ3) is 3.77. The maximum Gasteiger partial charge on any atom is 0.233 e. The summed E-state index contributed by atoms with van der Waals surface area (Å²) in [7, 11) is 0. The largest absolute Gasteiger partial charge is 0.486 e. The molecule has 1 aromatic heterocycles. The molecule has 1 aromatic carbocycles. The highest BCUT2D eigenvalue weighted by molar-refractivity contribution is 7.99. The van der Waals surface area contributed by atoms with Crippen LogP contribution in [-0.4, -0.2) is 62.6 Å². The Morgan fingerprint density at radius 3 is 2.92 bits per heavy atom. The van der Waals surface area contributed by atoms with E-state index in [0.29, 0.717) is 36.6 Å². The molecule has 1 fully saturated rings. The number of fused-ring (bicyclic) bond motifs is 1. The van der Waals surface area contributed by atoms with Crippen LogP contribution in [0.15, 0.2) is 29.4 Å². The smallest absolute Gasteiger partial charge is 0.233 e. The van der Waals surface area contributed by atoms with Gasteiger partial charge in [-0.1, -0.05) is 23.9 Å². The van der Waals surface area contributed by atoms with Gasteiger partial charge in [-0.3, -0.25) is 4.79 Å². The van der Waals surface area contributed by atoms with Crippen molar-refractivity contribution in [2.45, 2.75) is 37.1 Å². The van der Waals surface area contributed by atoms with Crippen LogP contribution in [0.1, 0.15) is 25.8 Å². The molecule has 26 heavy (non-hydrogen) atoms. The highest BCUT2D eigenvalue weighted by atomic mass is 32.2. The molecule has 0 radical (unpaired) electrons. The Labute approximate surface area is 155 Å². The van der Waals surface area contributed by atoms with Gasteiger partial charge in [-0.2, -0.15) is 0 Å². The van der Waals surface area contributed by atoms with Crippen molar-refractivity contribution >= 4 is 17.7 Å². The molecule has 2 heterocycles. The monoisotopic (exact) mass is 375 g/mol. The molecule has 0 spiro atoms. The van der Waals surface area contributed by atoms with Gasteiger partial charge in [0.05, 0.1) is 18.3 Å². The number of amides is 1. The number of ether oxygens (including phenoxy) is 2. The molecule has 1 unspecified atom stereocenters. The van der Waals surface area contributed by atoms with Crippen LogP contribution in [-0.2, 0) is 4.79 Å². The molecule has 1 aliphatic carbocycles. The van der Waals surface area contributed by atoms with E-state index in [9.17, 15) is 4.79 Å². The Morgan fingerprint density at radius 2 is 2.15 bits per heavy atom. The molecule has 1 aliphatic heterocycles. The molecule has 9 heteroatoms. The van der Waals surface area contributed by atoms with Gasteiger partial charge in [0.2, 0.25) is 11.1 Å². The molecule has 138 valence electrons. The highest BCUT2D eigenvalue weighted by Crippen LogP contribution is 2.36. The fourth-order valence-corrected chi connectivity index (χ4v) is 3.70. The Kier molecular flexibility index (Phi) is 4.96. The summed E-state index contributed by atoms with van der Waals surface area (Å²) in [6, 6.07) is 7.99. The summed E-state index contributed by atoms with van der Waals surface area (Å²) in [5, 5.41) is 12.5. The average Bonchev–Trinajstić information content (AvgIpc) is 3.41. The van der Waals surface area contributed by atoms with E-state index in [0.717, 1.165) is 24.3 Å². The first-order valence-electron chi connectivity index (χ1n) is 8.81. The summed E-state index contributed by atoms with van der Waals surface area (Å²) >= 11 is 1.39. The van der Waals surface area contributed by atoms with Crippen molar-refractivity contribution < 1.29 is 14.3 Å². The molecule has 0 saturated heterocycles. The van der Waals surface area contributed by atoms with Crippen molar-refractivity contribution in [2.75, 3.05) is 25.4 Å². The van der Waals surface area contributed by atoms with Crippen molar-refractivity contribution in [2.24, 2.45) is 0 Å². The summed E-state index contributed by atoms with van der Waals surface area (Å²) in [6.07, 6.45) is 2.04. The third-order valence-corrected chi connectivity index (χ3v) is 5.32. The van der Waals surface area contributed by atoms with Crippen LogP contribution in [0.25, 0.3) is 0 Å².